The predicted molar refractivity (Wildman–Crippen MR) is 56.1 cm³/mol. The summed E-state index contributed by atoms with van der Waals surface area (Å²) in [4.78, 5) is 0. The van der Waals surface area contributed by atoms with E-state index in [9.17, 15) is 0 Å². The predicted octanol–water partition coefficient (Wildman–Crippen LogP) is 1.80. The van der Waals surface area contributed by atoms with Crippen LogP contribution in [0.4, 0.5) is 0 Å². The number of rotatable bonds is 0. The molecule has 4 atom stereocenters. The van der Waals surface area contributed by atoms with Gasteiger partial charge in [0.25, 0.3) is 0 Å². The fourth-order valence-electron chi connectivity index (χ4n) is 4.25. The summed E-state index contributed by atoms with van der Waals surface area (Å²) in [6.07, 6.45) is 3.22. The Balaban J connectivity index is 2.02. The third-order valence-corrected chi connectivity index (χ3v) is 5.54. The average molecular weight is 195 g/mol. The molecular weight excluding hydrogens is 174 g/mol. The minimum atomic E-state index is 0.412. The molecule has 0 spiro atoms. The third-order valence-electron chi connectivity index (χ3n) is 5.54. The lowest BCUT2D eigenvalue weighted by Gasteiger charge is -2.42. The Kier molecular flexibility index (Phi) is 1.66. The van der Waals surface area contributed by atoms with Crippen molar-refractivity contribution in [1.29, 1.82) is 0 Å². The van der Waals surface area contributed by atoms with Crippen LogP contribution in [-0.4, -0.2) is 25.3 Å². The Morgan fingerprint density at radius 2 is 2.07 bits per heavy atom. The van der Waals surface area contributed by atoms with Gasteiger partial charge in [0.15, 0.2) is 0 Å². The molecular formula is C12H21NO. The first kappa shape index (κ1) is 9.17. The Morgan fingerprint density at radius 3 is 2.79 bits per heavy atom. The molecule has 0 radical (unpaired) electrons. The second-order valence-corrected chi connectivity index (χ2v) is 6.06. The number of fused-ring (bicyclic) bond motifs is 5. The van der Waals surface area contributed by atoms with E-state index in [1.807, 2.05) is 0 Å². The number of ether oxygens (including phenoxy) is 1. The summed E-state index contributed by atoms with van der Waals surface area (Å²) in [7, 11) is 0. The molecule has 3 aliphatic rings. The normalized spacial score (nSPS) is 54.6. The van der Waals surface area contributed by atoms with Gasteiger partial charge in [-0.2, -0.15) is 0 Å². The maximum Gasteiger partial charge on any atom is 0.0790 e. The summed E-state index contributed by atoms with van der Waals surface area (Å²) in [5.41, 5.74) is 0.870. The summed E-state index contributed by atoms with van der Waals surface area (Å²) >= 11 is 0. The smallest absolute Gasteiger partial charge is 0.0790 e. The summed E-state index contributed by atoms with van der Waals surface area (Å²) < 4.78 is 6.01. The van der Waals surface area contributed by atoms with Crippen molar-refractivity contribution < 1.29 is 4.74 Å². The molecule has 2 aliphatic carbocycles. The molecule has 2 heteroatoms. The lowest BCUT2D eigenvalue weighted by Crippen LogP contribution is -2.53. The number of hydrogen-bond acceptors (Lipinski definition) is 2. The quantitative estimate of drug-likeness (QED) is 0.636. The van der Waals surface area contributed by atoms with Crippen LogP contribution in [0.25, 0.3) is 0 Å². The van der Waals surface area contributed by atoms with Gasteiger partial charge >= 0.3 is 0 Å². The minimum Gasteiger partial charge on any atom is -0.375 e. The first-order chi connectivity index (χ1) is 6.57. The zero-order chi connectivity index (χ0) is 9.97. The van der Waals surface area contributed by atoms with E-state index in [0.717, 1.165) is 19.1 Å². The molecule has 1 aliphatic heterocycles. The molecule has 0 aromatic heterocycles. The van der Waals surface area contributed by atoms with Gasteiger partial charge in [-0.25, -0.2) is 0 Å². The van der Waals surface area contributed by atoms with E-state index in [2.05, 4.69) is 26.1 Å². The largest absolute Gasteiger partial charge is 0.375 e. The van der Waals surface area contributed by atoms with Gasteiger partial charge < -0.3 is 10.1 Å². The van der Waals surface area contributed by atoms with Crippen molar-refractivity contribution in [1.82, 2.24) is 5.32 Å². The van der Waals surface area contributed by atoms with Gasteiger partial charge in [0.1, 0.15) is 0 Å². The molecule has 0 amide bonds. The molecule has 2 bridgehead atoms. The van der Waals surface area contributed by atoms with Crippen LogP contribution < -0.4 is 5.32 Å². The highest BCUT2D eigenvalue weighted by molar-refractivity contribution is 5.18. The van der Waals surface area contributed by atoms with Crippen molar-refractivity contribution in [3.8, 4) is 0 Å². The number of morpholine rings is 1. The van der Waals surface area contributed by atoms with Crippen LogP contribution in [0.15, 0.2) is 0 Å². The average Bonchev–Trinajstić information content (AvgIpc) is 2.49. The topological polar surface area (TPSA) is 21.3 Å². The SMILES string of the molecule is CC1(C)C2CCC1(C)C1OCCNC21. The summed E-state index contributed by atoms with van der Waals surface area (Å²) in [6, 6.07) is 0.637. The lowest BCUT2D eigenvalue weighted by molar-refractivity contribution is -0.0766. The Bertz CT molecular complexity index is 263. The minimum absolute atomic E-state index is 0.412. The van der Waals surface area contributed by atoms with Crippen LogP contribution in [0.3, 0.4) is 0 Å². The number of hydrogen-bond donors (Lipinski definition) is 1. The molecule has 0 aromatic rings. The highest BCUT2D eigenvalue weighted by Crippen LogP contribution is 2.66. The van der Waals surface area contributed by atoms with E-state index in [0.29, 0.717) is 23.0 Å². The van der Waals surface area contributed by atoms with Gasteiger partial charge in [-0.3, -0.25) is 0 Å². The van der Waals surface area contributed by atoms with Crippen LogP contribution in [0.2, 0.25) is 0 Å². The van der Waals surface area contributed by atoms with Crippen LogP contribution in [-0.2, 0) is 4.74 Å². The van der Waals surface area contributed by atoms with Gasteiger partial charge in [-0.1, -0.05) is 20.8 Å². The summed E-state index contributed by atoms with van der Waals surface area (Å²) in [5.74, 6) is 0.831. The zero-order valence-electron chi connectivity index (χ0n) is 9.47. The van der Waals surface area contributed by atoms with Crippen molar-refractivity contribution in [2.24, 2.45) is 16.7 Å². The third kappa shape index (κ3) is 0.809. The van der Waals surface area contributed by atoms with Gasteiger partial charge in [0, 0.05) is 18.0 Å². The first-order valence-corrected chi connectivity index (χ1v) is 5.92. The Labute approximate surface area is 86.4 Å². The van der Waals surface area contributed by atoms with Crippen molar-refractivity contribution in [2.75, 3.05) is 13.2 Å². The fourth-order valence-corrected chi connectivity index (χ4v) is 4.25. The van der Waals surface area contributed by atoms with Crippen LogP contribution in [0.5, 0.6) is 0 Å². The highest BCUT2D eigenvalue weighted by Gasteiger charge is 2.67. The second-order valence-electron chi connectivity index (χ2n) is 6.06. The Hall–Kier alpha value is -0.0800. The molecule has 80 valence electrons. The Morgan fingerprint density at radius 1 is 1.29 bits per heavy atom. The standard InChI is InChI=1S/C12H21NO/c1-11(2)8-4-5-12(11,3)10-9(8)13-6-7-14-10/h8-10,13H,4-7H2,1-3H3. The first-order valence-electron chi connectivity index (χ1n) is 5.92. The maximum atomic E-state index is 6.01. The van der Waals surface area contributed by atoms with E-state index in [-0.39, 0.29) is 0 Å². The maximum absolute atomic E-state index is 6.01. The van der Waals surface area contributed by atoms with Gasteiger partial charge in [0.05, 0.1) is 12.7 Å². The van der Waals surface area contributed by atoms with E-state index in [1.54, 1.807) is 0 Å². The monoisotopic (exact) mass is 195 g/mol. The van der Waals surface area contributed by atoms with Crippen LogP contribution in [0.1, 0.15) is 33.6 Å². The van der Waals surface area contributed by atoms with Gasteiger partial charge in [0.2, 0.25) is 0 Å². The molecule has 14 heavy (non-hydrogen) atoms. The fraction of sp³-hybridized carbons (Fsp3) is 1.00. The van der Waals surface area contributed by atoms with E-state index in [4.69, 9.17) is 4.74 Å². The van der Waals surface area contributed by atoms with E-state index >= 15 is 0 Å². The number of nitrogens with one attached hydrogen (secondary N) is 1. The molecule has 4 unspecified atom stereocenters. The molecule has 3 rings (SSSR count). The molecule has 2 nitrogen and oxygen atoms in total. The molecule has 0 aromatic carbocycles. The van der Waals surface area contributed by atoms with Crippen molar-refractivity contribution in [3.05, 3.63) is 0 Å². The summed E-state index contributed by atoms with van der Waals surface area (Å²) in [6.45, 7) is 9.26. The second kappa shape index (κ2) is 2.53. The van der Waals surface area contributed by atoms with E-state index < -0.39 is 0 Å². The zero-order valence-corrected chi connectivity index (χ0v) is 9.47. The molecule has 3 fully saturated rings. The van der Waals surface area contributed by atoms with Gasteiger partial charge in [-0.15, -0.1) is 0 Å². The molecule has 2 saturated carbocycles. The van der Waals surface area contributed by atoms with Crippen LogP contribution >= 0.6 is 0 Å². The van der Waals surface area contributed by atoms with E-state index in [1.165, 1.54) is 12.8 Å². The molecule has 1 N–H and O–H groups in total. The van der Waals surface area contributed by atoms with Crippen molar-refractivity contribution in [3.63, 3.8) is 0 Å². The molecule has 1 heterocycles. The van der Waals surface area contributed by atoms with Gasteiger partial charge in [-0.05, 0) is 24.2 Å². The van der Waals surface area contributed by atoms with Crippen LogP contribution in [0, 0.1) is 16.7 Å². The lowest BCUT2D eigenvalue weighted by atomic mass is 9.70. The molecule has 1 saturated heterocycles. The van der Waals surface area contributed by atoms with Crippen molar-refractivity contribution in [2.45, 2.75) is 45.8 Å². The van der Waals surface area contributed by atoms with Crippen molar-refractivity contribution >= 4 is 0 Å². The summed E-state index contributed by atoms with van der Waals surface area (Å²) in [5, 5.41) is 3.67. The highest BCUT2D eigenvalue weighted by atomic mass is 16.5.